The first-order chi connectivity index (χ1) is 10.4. The van der Waals surface area contributed by atoms with Crippen LogP contribution in [0, 0.1) is 10.1 Å². The Bertz CT molecular complexity index is 645. The van der Waals surface area contributed by atoms with E-state index in [0.717, 1.165) is 0 Å². The highest BCUT2D eigenvalue weighted by atomic mass is 19.4. The minimum absolute atomic E-state index is 0.159. The third kappa shape index (κ3) is 2.85. The van der Waals surface area contributed by atoms with E-state index in [-0.39, 0.29) is 6.07 Å². The second kappa shape index (κ2) is 5.15. The van der Waals surface area contributed by atoms with Crippen molar-refractivity contribution in [3.05, 3.63) is 27.8 Å². The summed E-state index contributed by atoms with van der Waals surface area (Å²) in [5, 5.41) is 14.4. The summed E-state index contributed by atoms with van der Waals surface area (Å²) >= 11 is 0. The molecule has 1 aromatic rings. The molecule has 128 valence electrons. The van der Waals surface area contributed by atoms with Gasteiger partial charge >= 0.3 is 18.2 Å². The number of halogens is 6. The average Bonchev–Trinajstić information content (AvgIpc) is 2.75. The Balaban J connectivity index is 2.61. The Hall–Kier alpha value is -2.24. The largest absolute Gasteiger partial charge is 0.458 e. The molecule has 1 aliphatic rings. The standard InChI is InChI=1S/C11H9F6N3O3/c1-2-23-11(10(15,16)17)18-6-3-5(9(12,13)14)4-7(20(21)22)8(6)19-11/h3-4,18-19H,2H2,1H3. The molecule has 1 heterocycles. The number of hydrogen-bond acceptors (Lipinski definition) is 5. The lowest BCUT2D eigenvalue weighted by Crippen LogP contribution is -2.57. The second-order valence-corrected chi connectivity index (χ2v) is 4.53. The molecule has 0 radical (unpaired) electrons. The van der Waals surface area contributed by atoms with Crippen molar-refractivity contribution in [3.63, 3.8) is 0 Å². The first-order valence-corrected chi connectivity index (χ1v) is 6.08. The molecule has 23 heavy (non-hydrogen) atoms. The van der Waals surface area contributed by atoms with Crippen molar-refractivity contribution in [2.75, 3.05) is 17.2 Å². The van der Waals surface area contributed by atoms with E-state index in [9.17, 15) is 36.5 Å². The molecule has 2 rings (SSSR count). The van der Waals surface area contributed by atoms with Crippen LogP contribution in [0.3, 0.4) is 0 Å². The predicted octanol–water partition coefficient (Wildman–Crippen LogP) is 3.70. The van der Waals surface area contributed by atoms with Crippen LogP contribution in [-0.2, 0) is 10.9 Å². The van der Waals surface area contributed by atoms with Crippen LogP contribution >= 0.6 is 0 Å². The van der Waals surface area contributed by atoms with Crippen LogP contribution in [0.4, 0.5) is 43.4 Å². The van der Waals surface area contributed by atoms with Gasteiger partial charge in [-0.05, 0) is 13.0 Å². The van der Waals surface area contributed by atoms with Crippen molar-refractivity contribution in [1.29, 1.82) is 0 Å². The summed E-state index contributed by atoms with van der Waals surface area (Å²) in [5.41, 5.74) is -4.05. The summed E-state index contributed by atoms with van der Waals surface area (Å²) in [4.78, 5) is 9.70. The molecular weight excluding hydrogens is 336 g/mol. The lowest BCUT2D eigenvalue weighted by molar-refractivity contribution is -0.384. The minimum atomic E-state index is -5.09. The SMILES string of the molecule is CCOC1(C(F)(F)F)Nc2cc(C(F)(F)F)cc([N+](=O)[O-])c2N1. The molecule has 1 atom stereocenters. The van der Waals surface area contributed by atoms with E-state index in [2.05, 4.69) is 4.74 Å². The summed E-state index contributed by atoms with van der Waals surface area (Å²) < 4.78 is 82.4. The van der Waals surface area contributed by atoms with Gasteiger partial charge in [-0.1, -0.05) is 0 Å². The van der Waals surface area contributed by atoms with E-state index < -0.39 is 52.4 Å². The minimum Gasteiger partial charge on any atom is -0.331 e. The highest BCUT2D eigenvalue weighted by molar-refractivity contribution is 5.85. The molecule has 0 fully saturated rings. The first-order valence-electron chi connectivity index (χ1n) is 6.08. The van der Waals surface area contributed by atoms with Gasteiger partial charge in [-0.25, -0.2) is 0 Å². The van der Waals surface area contributed by atoms with Gasteiger partial charge in [-0.2, -0.15) is 26.3 Å². The number of nitrogens with zero attached hydrogens (tertiary/aromatic N) is 1. The van der Waals surface area contributed by atoms with Crippen LogP contribution in [-0.4, -0.2) is 23.6 Å². The van der Waals surface area contributed by atoms with E-state index in [4.69, 9.17) is 0 Å². The fraction of sp³-hybridized carbons (Fsp3) is 0.455. The van der Waals surface area contributed by atoms with E-state index >= 15 is 0 Å². The van der Waals surface area contributed by atoms with E-state index in [1.54, 1.807) is 10.6 Å². The highest BCUT2D eigenvalue weighted by Crippen LogP contribution is 2.49. The topological polar surface area (TPSA) is 76.4 Å². The quantitative estimate of drug-likeness (QED) is 0.496. The van der Waals surface area contributed by atoms with Crippen LogP contribution in [0.5, 0.6) is 0 Å². The van der Waals surface area contributed by atoms with E-state index in [0.29, 0.717) is 6.07 Å². The van der Waals surface area contributed by atoms with Gasteiger partial charge in [-0.3, -0.25) is 10.1 Å². The number of nitro groups is 1. The van der Waals surface area contributed by atoms with Crippen molar-refractivity contribution in [3.8, 4) is 0 Å². The monoisotopic (exact) mass is 345 g/mol. The molecule has 0 bridgehead atoms. The van der Waals surface area contributed by atoms with Gasteiger partial charge in [0.2, 0.25) is 0 Å². The number of anilines is 2. The number of hydrogen-bond donors (Lipinski definition) is 2. The van der Waals surface area contributed by atoms with Crippen LogP contribution in [0.15, 0.2) is 12.1 Å². The summed E-state index contributed by atoms with van der Waals surface area (Å²) in [7, 11) is 0. The normalized spacial score (nSPS) is 20.7. The van der Waals surface area contributed by atoms with Gasteiger partial charge in [0.15, 0.2) is 0 Å². The van der Waals surface area contributed by atoms with Crippen molar-refractivity contribution in [2.45, 2.75) is 25.1 Å². The van der Waals surface area contributed by atoms with Crippen LogP contribution in [0.25, 0.3) is 0 Å². The van der Waals surface area contributed by atoms with Gasteiger partial charge in [0.25, 0.3) is 5.69 Å². The maximum Gasteiger partial charge on any atom is 0.458 e. The van der Waals surface area contributed by atoms with Gasteiger partial charge in [-0.15, -0.1) is 0 Å². The zero-order valence-electron chi connectivity index (χ0n) is 11.3. The third-order valence-electron chi connectivity index (χ3n) is 3.01. The molecule has 6 nitrogen and oxygen atoms in total. The first kappa shape index (κ1) is 17.1. The molecule has 0 saturated heterocycles. The molecule has 0 aliphatic carbocycles. The summed E-state index contributed by atoms with van der Waals surface area (Å²) in [6.45, 7) is 0.781. The van der Waals surface area contributed by atoms with Gasteiger partial charge < -0.3 is 15.4 Å². The molecule has 1 unspecified atom stereocenters. The molecule has 12 heteroatoms. The number of alkyl halides is 6. The van der Waals surface area contributed by atoms with Crippen LogP contribution in [0.1, 0.15) is 12.5 Å². The van der Waals surface area contributed by atoms with Gasteiger partial charge in [0.1, 0.15) is 5.69 Å². The maximum atomic E-state index is 13.2. The number of fused-ring (bicyclic) bond motifs is 1. The fourth-order valence-electron chi connectivity index (χ4n) is 2.07. The fourth-order valence-corrected chi connectivity index (χ4v) is 2.07. The molecule has 2 N–H and O–H groups in total. The molecular formula is C11H9F6N3O3. The number of benzene rings is 1. The zero-order valence-corrected chi connectivity index (χ0v) is 11.3. The Morgan fingerprint density at radius 2 is 1.83 bits per heavy atom. The molecule has 0 spiro atoms. The van der Waals surface area contributed by atoms with Crippen LogP contribution < -0.4 is 10.6 Å². The van der Waals surface area contributed by atoms with E-state index in [1.165, 1.54) is 6.92 Å². The molecule has 0 saturated carbocycles. The zero-order chi connectivity index (χ0) is 17.6. The average molecular weight is 345 g/mol. The number of rotatable bonds is 3. The Kier molecular flexibility index (Phi) is 3.83. The smallest absolute Gasteiger partial charge is 0.331 e. The van der Waals surface area contributed by atoms with Crippen molar-refractivity contribution in [1.82, 2.24) is 0 Å². The second-order valence-electron chi connectivity index (χ2n) is 4.53. The highest BCUT2D eigenvalue weighted by Gasteiger charge is 2.61. The molecule has 0 aromatic heterocycles. The van der Waals surface area contributed by atoms with Crippen molar-refractivity contribution >= 4 is 17.1 Å². The third-order valence-corrected chi connectivity index (χ3v) is 3.01. The lowest BCUT2D eigenvalue weighted by atomic mass is 10.1. The Morgan fingerprint density at radius 1 is 1.22 bits per heavy atom. The van der Waals surface area contributed by atoms with Gasteiger partial charge in [0, 0.05) is 12.7 Å². The summed E-state index contributed by atoms with van der Waals surface area (Å²) in [6, 6.07) is 0.508. The molecule has 1 aliphatic heterocycles. The van der Waals surface area contributed by atoms with Crippen molar-refractivity contribution < 1.29 is 36.0 Å². The Labute approximate surface area is 124 Å². The lowest BCUT2D eigenvalue weighted by Gasteiger charge is -2.31. The molecule has 0 amide bonds. The summed E-state index contributed by atoms with van der Waals surface area (Å²) in [6.07, 6.45) is -10.1. The van der Waals surface area contributed by atoms with Gasteiger partial charge in [0.05, 0.1) is 16.2 Å². The van der Waals surface area contributed by atoms with Crippen LogP contribution in [0.2, 0.25) is 0 Å². The predicted molar refractivity (Wildman–Crippen MR) is 65.8 cm³/mol. The number of ether oxygens (including phenoxy) is 1. The van der Waals surface area contributed by atoms with Crippen molar-refractivity contribution in [2.24, 2.45) is 0 Å². The van der Waals surface area contributed by atoms with E-state index in [1.807, 2.05) is 0 Å². The number of nitrogens with one attached hydrogen (secondary N) is 2. The Morgan fingerprint density at radius 3 is 2.26 bits per heavy atom. The molecule has 1 aromatic carbocycles. The number of nitro benzene ring substituents is 1. The summed E-state index contributed by atoms with van der Waals surface area (Å²) in [5.74, 6) is -3.24. The maximum absolute atomic E-state index is 13.2.